The van der Waals surface area contributed by atoms with Gasteiger partial charge in [0.05, 0.1) is 29.8 Å². The molecule has 13 nitrogen and oxygen atoms in total. The Labute approximate surface area is 342 Å². The van der Waals surface area contributed by atoms with Crippen molar-refractivity contribution in [3.05, 3.63) is 115 Å². The smallest absolute Gasteiger partial charge is 0.355 e. The molecule has 16 heteroatoms. The molecule has 0 unspecified atom stereocenters. The first kappa shape index (κ1) is 40.4. The number of amides is 1. The van der Waals surface area contributed by atoms with Crippen molar-refractivity contribution >= 4 is 55.7 Å². The monoisotopic (exact) mass is 820 g/mol. The van der Waals surface area contributed by atoms with Gasteiger partial charge in [0, 0.05) is 73.1 Å². The number of thiazole rings is 2. The number of halogens is 1. The summed E-state index contributed by atoms with van der Waals surface area (Å²) in [4.78, 5) is 56.7. The van der Waals surface area contributed by atoms with Gasteiger partial charge in [-0.05, 0) is 72.7 Å². The number of Topliss-reactive ketones (excluding diaryl/α,β-unsaturated/α-hetero) is 1. The van der Waals surface area contributed by atoms with Crippen LogP contribution in [0.2, 0.25) is 0 Å². The fraction of sp³-hybridized carbons (Fsp3) is 0.357. The van der Waals surface area contributed by atoms with Crippen LogP contribution in [0.3, 0.4) is 0 Å². The van der Waals surface area contributed by atoms with E-state index in [0.717, 1.165) is 26.4 Å². The van der Waals surface area contributed by atoms with E-state index in [-0.39, 0.29) is 36.2 Å². The Morgan fingerprint density at radius 3 is 2.64 bits per heavy atom. The molecular weight excluding hydrogens is 780 g/mol. The van der Waals surface area contributed by atoms with Crippen molar-refractivity contribution in [3.8, 4) is 17.6 Å². The van der Waals surface area contributed by atoms with Gasteiger partial charge in [-0.1, -0.05) is 47.3 Å². The molecule has 2 aromatic heterocycles. The fourth-order valence-electron chi connectivity index (χ4n) is 7.07. The molecule has 1 fully saturated rings. The first-order valence-corrected chi connectivity index (χ1v) is 20.8. The Morgan fingerprint density at radius 2 is 1.84 bits per heavy atom. The molecule has 0 atom stereocenters. The van der Waals surface area contributed by atoms with Gasteiger partial charge in [-0.3, -0.25) is 14.5 Å². The van der Waals surface area contributed by atoms with E-state index in [1.54, 1.807) is 12.1 Å². The largest absolute Gasteiger partial charge is 0.491 e. The van der Waals surface area contributed by atoms with Gasteiger partial charge in [-0.25, -0.2) is 19.2 Å². The van der Waals surface area contributed by atoms with Gasteiger partial charge in [0.15, 0.2) is 28.2 Å². The number of aryl methyl sites for hydroxylation is 1. The number of ether oxygens (including phenoxy) is 1. The van der Waals surface area contributed by atoms with Crippen LogP contribution in [0, 0.1) is 17.7 Å². The normalized spacial score (nSPS) is 14.0. The number of aromatic nitrogens is 2. The van der Waals surface area contributed by atoms with Crippen molar-refractivity contribution in [1.29, 1.82) is 0 Å². The molecule has 0 spiro atoms. The number of fused-ring (bicyclic) bond motifs is 2. The number of anilines is 1. The number of piperazine rings is 1. The molecule has 2 aliphatic rings. The quantitative estimate of drug-likeness (QED) is 0.0288. The number of azide groups is 1. The number of carbonyl (C=O) groups excluding carboxylic acids is 2. The number of hydrogen-bond donors (Lipinski definition) is 1. The van der Waals surface area contributed by atoms with E-state index >= 15 is 0 Å². The Hall–Kier alpha value is -5.85. The van der Waals surface area contributed by atoms with E-state index in [2.05, 4.69) is 36.7 Å². The Kier molecular flexibility index (Phi) is 13.3. The van der Waals surface area contributed by atoms with E-state index < -0.39 is 11.8 Å². The van der Waals surface area contributed by atoms with Crippen molar-refractivity contribution in [2.24, 2.45) is 5.11 Å². The van der Waals surface area contributed by atoms with Gasteiger partial charge in [-0.15, -0.1) is 22.7 Å². The molecule has 1 N–H and O–H groups in total. The van der Waals surface area contributed by atoms with E-state index in [1.165, 1.54) is 28.7 Å². The summed E-state index contributed by atoms with van der Waals surface area (Å²) in [7, 11) is 0. The number of carboxylic acid groups (broad SMARTS) is 1. The second kappa shape index (κ2) is 19.1. The van der Waals surface area contributed by atoms with E-state index in [0.29, 0.717) is 106 Å². The van der Waals surface area contributed by atoms with Crippen LogP contribution in [0.15, 0.2) is 65.8 Å². The SMILES string of the molecule is [N-]=[N+]=NCCCC(=O)N1CCN(CC#Cc2ccc(OCCCc3sc(N4CCc5cccc(C(=O)Cc6nc7ccccc7s6)c5C4)nc3C(=O)O)c(F)c2)CC1. The van der Waals surface area contributed by atoms with Crippen LogP contribution in [-0.4, -0.2) is 95.0 Å². The summed E-state index contributed by atoms with van der Waals surface area (Å²) in [5, 5.41) is 14.8. The Balaban J connectivity index is 0.896. The van der Waals surface area contributed by atoms with Crippen LogP contribution in [0.4, 0.5) is 9.52 Å². The highest BCUT2D eigenvalue weighted by Gasteiger charge is 2.27. The number of rotatable bonds is 15. The van der Waals surface area contributed by atoms with Gasteiger partial charge in [0.1, 0.15) is 5.01 Å². The van der Waals surface area contributed by atoms with Gasteiger partial charge >= 0.3 is 5.97 Å². The molecule has 4 heterocycles. The molecule has 0 saturated carbocycles. The Bertz CT molecular complexity index is 2390. The third-order valence-corrected chi connectivity index (χ3v) is 12.3. The summed E-state index contributed by atoms with van der Waals surface area (Å²) in [5.41, 5.74) is 12.4. The Morgan fingerprint density at radius 1 is 1.00 bits per heavy atom. The van der Waals surface area contributed by atoms with Crippen LogP contribution >= 0.6 is 22.7 Å². The predicted molar refractivity (Wildman–Crippen MR) is 221 cm³/mol. The first-order valence-electron chi connectivity index (χ1n) is 19.1. The molecule has 58 heavy (non-hydrogen) atoms. The van der Waals surface area contributed by atoms with Crippen LogP contribution < -0.4 is 9.64 Å². The standard InChI is InChI=1S/C42H41FN8O5S2/c43-32-25-28(7-5-18-49-20-22-50(23-21-49)39(53)13-4-17-45-48-44)14-15-35(32)56-24-6-12-37-40(41(54)55)47-42(58-37)51-19-16-29-8-3-9-30(31(29)27-51)34(52)26-38-46-33-10-1-2-11-36(33)57-38/h1-3,8-11,14-15,25H,4,6,12-13,16-24,26-27H2,(H,54,55). The summed E-state index contributed by atoms with van der Waals surface area (Å²) in [6, 6.07) is 18.2. The maximum Gasteiger partial charge on any atom is 0.355 e. The summed E-state index contributed by atoms with van der Waals surface area (Å²) >= 11 is 2.85. The number of carboxylic acids is 1. The zero-order valence-corrected chi connectivity index (χ0v) is 33.4. The number of carbonyl (C=O) groups is 3. The maximum atomic E-state index is 15.0. The highest BCUT2D eigenvalue weighted by molar-refractivity contribution is 7.18. The molecule has 7 rings (SSSR count). The van der Waals surface area contributed by atoms with E-state index in [4.69, 9.17) is 10.3 Å². The van der Waals surface area contributed by atoms with Crippen molar-refractivity contribution in [3.63, 3.8) is 0 Å². The third kappa shape index (κ3) is 9.99. The zero-order valence-electron chi connectivity index (χ0n) is 31.7. The van der Waals surface area contributed by atoms with Gasteiger partial charge in [0.2, 0.25) is 5.91 Å². The molecule has 298 valence electrons. The minimum absolute atomic E-state index is 0.00232. The molecule has 1 amide bonds. The van der Waals surface area contributed by atoms with Crippen molar-refractivity contribution in [2.45, 2.75) is 45.1 Å². The lowest BCUT2D eigenvalue weighted by Gasteiger charge is -2.33. The van der Waals surface area contributed by atoms with Crippen molar-refractivity contribution < 1.29 is 28.6 Å². The van der Waals surface area contributed by atoms with Gasteiger partial charge in [-0.2, -0.15) is 0 Å². The lowest BCUT2D eigenvalue weighted by atomic mass is 9.92. The van der Waals surface area contributed by atoms with Crippen LogP contribution in [0.5, 0.6) is 5.75 Å². The topological polar surface area (TPSA) is 165 Å². The zero-order chi connectivity index (χ0) is 40.4. The maximum absolute atomic E-state index is 15.0. The number of hydrogen-bond acceptors (Lipinski definition) is 11. The second-order valence-electron chi connectivity index (χ2n) is 14.0. The average Bonchev–Trinajstić information content (AvgIpc) is 3.86. The van der Waals surface area contributed by atoms with Gasteiger partial charge < -0.3 is 19.6 Å². The summed E-state index contributed by atoms with van der Waals surface area (Å²) in [5.74, 6) is 4.60. The summed E-state index contributed by atoms with van der Waals surface area (Å²) in [6.45, 7) is 4.66. The lowest BCUT2D eigenvalue weighted by Crippen LogP contribution is -2.48. The number of benzene rings is 3. The summed E-state index contributed by atoms with van der Waals surface area (Å²) < 4.78 is 21.8. The number of ketones is 1. The molecule has 0 bridgehead atoms. The van der Waals surface area contributed by atoms with Crippen molar-refractivity contribution in [1.82, 2.24) is 19.8 Å². The van der Waals surface area contributed by atoms with Crippen LogP contribution in [-0.2, 0) is 30.6 Å². The molecule has 5 aromatic rings. The van der Waals surface area contributed by atoms with Crippen molar-refractivity contribution in [2.75, 3.05) is 57.3 Å². The first-order chi connectivity index (χ1) is 28.2. The second-order valence-corrected chi connectivity index (χ2v) is 16.2. The minimum atomic E-state index is -1.11. The van der Waals surface area contributed by atoms with E-state index in [1.807, 2.05) is 52.3 Å². The van der Waals surface area contributed by atoms with Crippen LogP contribution in [0.1, 0.15) is 66.7 Å². The summed E-state index contributed by atoms with van der Waals surface area (Å²) in [6.07, 6.45) is 2.64. The highest BCUT2D eigenvalue weighted by atomic mass is 32.1. The van der Waals surface area contributed by atoms with E-state index in [9.17, 15) is 23.9 Å². The predicted octanol–water partition coefficient (Wildman–Crippen LogP) is 7.18. The third-order valence-electron chi connectivity index (χ3n) is 10.1. The number of nitrogens with zero attached hydrogens (tertiary/aromatic N) is 8. The fourth-order valence-corrected chi connectivity index (χ4v) is 9.15. The number of para-hydroxylation sites is 1. The molecule has 0 radical (unpaired) electrons. The highest BCUT2D eigenvalue weighted by Crippen LogP contribution is 2.33. The average molecular weight is 821 g/mol. The van der Waals surface area contributed by atoms with Crippen LogP contribution in [0.25, 0.3) is 20.7 Å². The molecular formula is C42H41FN8O5S2. The van der Waals surface area contributed by atoms with Gasteiger partial charge in [0.25, 0.3) is 0 Å². The molecule has 2 aliphatic heterocycles. The lowest BCUT2D eigenvalue weighted by molar-refractivity contribution is -0.132. The molecule has 0 aliphatic carbocycles. The molecule has 3 aromatic carbocycles. The minimum Gasteiger partial charge on any atom is -0.491 e. The molecule has 1 saturated heterocycles. The number of aromatic carboxylic acids is 1.